The topological polar surface area (TPSA) is 6.48 Å². The number of para-hydroxylation sites is 1. The molecule has 19 heavy (non-hydrogen) atoms. The average Bonchev–Trinajstić information content (AvgIpc) is 2.40. The maximum Gasteiger partial charge on any atom is 0.0639 e. The number of rotatable bonds is 4. The van der Waals surface area contributed by atoms with Gasteiger partial charge in [0.2, 0.25) is 0 Å². The van der Waals surface area contributed by atoms with E-state index in [9.17, 15) is 0 Å². The SMILES string of the molecule is CC(C)(CBr)CN1CCN(c2ccccc2Cl)CC1. The van der Waals surface area contributed by atoms with Gasteiger partial charge in [0.15, 0.2) is 0 Å². The third-order valence-corrected chi connectivity index (χ3v) is 5.42. The van der Waals surface area contributed by atoms with Gasteiger partial charge in [-0.3, -0.25) is 4.90 Å². The first kappa shape index (κ1) is 15.1. The maximum atomic E-state index is 6.26. The van der Waals surface area contributed by atoms with E-state index in [4.69, 9.17) is 11.6 Å². The summed E-state index contributed by atoms with van der Waals surface area (Å²) in [5.41, 5.74) is 1.51. The lowest BCUT2D eigenvalue weighted by atomic mass is 9.95. The van der Waals surface area contributed by atoms with Gasteiger partial charge in [-0.1, -0.05) is 53.5 Å². The van der Waals surface area contributed by atoms with E-state index in [-0.39, 0.29) is 0 Å². The molecule has 0 aromatic heterocycles. The molecule has 0 radical (unpaired) electrons. The smallest absolute Gasteiger partial charge is 0.0639 e. The number of anilines is 1. The van der Waals surface area contributed by atoms with Gasteiger partial charge in [-0.25, -0.2) is 0 Å². The highest BCUT2D eigenvalue weighted by atomic mass is 79.9. The van der Waals surface area contributed by atoms with Gasteiger partial charge >= 0.3 is 0 Å². The highest BCUT2D eigenvalue weighted by molar-refractivity contribution is 9.09. The summed E-state index contributed by atoms with van der Waals surface area (Å²) in [5, 5.41) is 1.90. The lowest BCUT2D eigenvalue weighted by Crippen LogP contribution is -2.49. The Hall–Kier alpha value is -0.250. The minimum Gasteiger partial charge on any atom is -0.368 e. The lowest BCUT2D eigenvalue weighted by molar-refractivity contribution is 0.186. The Balaban J connectivity index is 1.91. The van der Waals surface area contributed by atoms with Crippen molar-refractivity contribution in [2.45, 2.75) is 13.8 Å². The standard InChI is InChI=1S/C15H22BrClN2/c1-15(2,11-16)12-18-7-9-19(10-8-18)14-6-4-3-5-13(14)17/h3-6H,7-12H2,1-2H3. The van der Waals surface area contributed by atoms with Crippen LogP contribution in [-0.4, -0.2) is 43.0 Å². The lowest BCUT2D eigenvalue weighted by Gasteiger charge is -2.39. The van der Waals surface area contributed by atoms with E-state index >= 15 is 0 Å². The maximum absolute atomic E-state index is 6.26. The molecule has 2 rings (SSSR count). The third kappa shape index (κ3) is 4.11. The fraction of sp³-hybridized carbons (Fsp3) is 0.600. The van der Waals surface area contributed by atoms with Gasteiger partial charge in [0.25, 0.3) is 0 Å². The molecule has 1 heterocycles. The first-order valence-corrected chi connectivity index (χ1v) is 8.29. The van der Waals surface area contributed by atoms with E-state index in [2.05, 4.69) is 51.7 Å². The third-order valence-electron chi connectivity index (χ3n) is 3.58. The predicted octanol–water partition coefficient (Wildman–Crippen LogP) is 3.88. The van der Waals surface area contributed by atoms with Crippen molar-refractivity contribution in [3.63, 3.8) is 0 Å². The van der Waals surface area contributed by atoms with Crippen LogP contribution in [0.2, 0.25) is 5.02 Å². The summed E-state index contributed by atoms with van der Waals surface area (Å²) in [6, 6.07) is 8.12. The number of hydrogen-bond donors (Lipinski definition) is 0. The summed E-state index contributed by atoms with van der Waals surface area (Å²) in [6.45, 7) is 10.1. The molecular formula is C15H22BrClN2. The van der Waals surface area contributed by atoms with Crippen molar-refractivity contribution in [3.8, 4) is 0 Å². The van der Waals surface area contributed by atoms with Crippen LogP contribution in [0.4, 0.5) is 5.69 Å². The van der Waals surface area contributed by atoms with Crippen LogP contribution in [0, 0.1) is 5.41 Å². The Morgan fingerprint density at radius 1 is 1.16 bits per heavy atom. The number of alkyl halides is 1. The van der Waals surface area contributed by atoms with Gasteiger partial charge in [0.1, 0.15) is 0 Å². The van der Waals surface area contributed by atoms with Gasteiger partial charge in [-0.05, 0) is 17.5 Å². The molecule has 1 saturated heterocycles. The zero-order chi connectivity index (χ0) is 13.9. The molecule has 0 amide bonds. The van der Waals surface area contributed by atoms with E-state index in [1.165, 1.54) is 5.69 Å². The van der Waals surface area contributed by atoms with Gasteiger partial charge in [0.05, 0.1) is 10.7 Å². The first-order chi connectivity index (χ1) is 9.02. The van der Waals surface area contributed by atoms with E-state index in [1.54, 1.807) is 0 Å². The van der Waals surface area contributed by atoms with E-state index in [1.807, 2.05) is 12.1 Å². The molecule has 0 aliphatic carbocycles. The van der Waals surface area contributed by atoms with Crippen molar-refractivity contribution in [1.29, 1.82) is 0 Å². The van der Waals surface area contributed by atoms with Crippen molar-refractivity contribution >= 4 is 33.2 Å². The Kier molecular flexibility index (Phi) is 5.15. The number of piperazine rings is 1. The Labute approximate surface area is 129 Å². The van der Waals surface area contributed by atoms with E-state index in [0.29, 0.717) is 5.41 Å². The van der Waals surface area contributed by atoms with Crippen molar-refractivity contribution in [2.24, 2.45) is 5.41 Å². The zero-order valence-electron chi connectivity index (χ0n) is 11.7. The van der Waals surface area contributed by atoms with Gasteiger partial charge in [-0.15, -0.1) is 0 Å². The molecule has 2 nitrogen and oxygen atoms in total. The summed E-state index contributed by atoms with van der Waals surface area (Å²) < 4.78 is 0. The molecular weight excluding hydrogens is 324 g/mol. The van der Waals surface area contributed by atoms with Gasteiger partial charge in [-0.2, -0.15) is 0 Å². The van der Waals surface area contributed by atoms with Crippen LogP contribution in [0.15, 0.2) is 24.3 Å². The van der Waals surface area contributed by atoms with Crippen molar-refractivity contribution < 1.29 is 0 Å². The second kappa shape index (κ2) is 6.47. The van der Waals surface area contributed by atoms with E-state index in [0.717, 1.165) is 43.1 Å². The molecule has 0 bridgehead atoms. The molecule has 1 aromatic rings. The molecule has 4 heteroatoms. The summed E-state index contributed by atoms with van der Waals surface area (Å²) in [5.74, 6) is 0. The second-order valence-electron chi connectivity index (χ2n) is 6.01. The Bertz CT molecular complexity index is 414. The van der Waals surface area contributed by atoms with Crippen LogP contribution in [0.1, 0.15) is 13.8 Å². The molecule has 106 valence electrons. The molecule has 0 spiro atoms. The summed E-state index contributed by atoms with van der Waals surface area (Å²) in [4.78, 5) is 4.94. The normalized spacial score (nSPS) is 17.8. The van der Waals surface area contributed by atoms with Crippen molar-refractivity contribution in [3.05, 3.63) is 29.3 Å². The average molecular weight is 346 g/mol. The molecule has 1 aliphatic heterocycles. The Morgan fingerprint density at radius 3 is 2.37 bits per heavy atom. The molecule has 0 N–H and O–H groups in total. The van der Waals surface area contributed by atoms with Crippen LogP contribution in [-0.2, 0) is 0 Å². The quantitative estimate of drug-likeness (QED) is 0.764. The first-order valence-electron chi connectivity index (χ1n) is 6.80. The predicted molar refractivity (Wildman–Crippen MR) is 87.7 cm³/mol. The molecule has 0 unspecified atom stereocenters. The highest BCUT2D eigenvalue weighted by Gasteiger charge is 2.24. The summed E-state index contributed by atoms with van der Waals surface area (Å²) >= 11 is 9.86. The monoisotopic (exact) mass is 344 g/mol. The molecule has 0 atom stereocenters. The number of halogens is 2. The fourth-order valence-corrected chi connectivity index (χ4v) is 2.94. The number of nitrogens with zero attached hydrogens (tertiary/aromatic N) is 2. The Morgan fingerprint density at radius 2 is 1.79 bits per heavy atom. The molecule has 1 aliphatic rings. The second-order valence-corrected chi connectivity index (χ2v) is 6.98. The molecule has 1 aromatic carbocycles. The van der Waals surface area contributed by atoms with Crippen LogP contribution in [0.3, 0.4) is 0 Å². The van der Waals surface area contributed by atoms with Crippen molar-refractivity contribution in [2.75, 3.05) is 43.0 Å². The summed E-state index contributed by atoms with van der Waals surface area (Å²) in [7, 11) is 0. The minimum atomic E-state index is 0.340. The fourth-order valence-electron chi connectivity index (χ4n) is 2.50. The number of hydrogen-bond acceptors (Lipinski definition) is 2. The summed E-state index contributed by atoms with van der Waals surface area (Å²) in [6.07, 6.45) is 0. The largest absolute Gasteiger partial charge is 0.368 e. The van der Waals surface area contributed by atoms with Crippen LogP contribution >= 0.6 is 27.5 Å². The highest BCUT2D eigenvalue weighted by Crippen LogP contribution is 2.27. The van der Waals surface area contributed by atoms with Crippen LogP contribution < -0.4 is 4.90 Å². The van der Waals surface area contributed by atoms with Gasteiger partial charge in [0, 0.05) is 38.1 Å². The van der Waals surface area contributed by atoms with Crippen LogP contribution in [0.25, 0.3) is 0 Å². The van der Waals surface area contributed by atoms with Crippen molar-refractivity contribution in [1.82, 2.24) is 4.90 Å². The number of benzene rings is 1. The molecule has 0 saturated carbocycles. The van der Waals surface area contributed by atoms with Crippen LogP contribution in [0.5, 0.6) is 0 Å². The molecule has 1 fully saturated rings. The van der Waals surface area contributed by atoms with Gasteiger partial charge < -0.3 is 4.90 Å². The van der Waals surface area contributed by atoms with E-state index < -0.39 is 0 Å². The zero-order valence-corrected chi connectivity index (χ0v) is 14.0. The minimum absolute atomic E-state index is 0.340.